The molecule has 0 atom stereocenters. The zero-order valence-electron chi connectivity index (χ0n) is 10.4. The first-order valence-corrected chi connectivity index (χ1v) is 6.43. The predicted molar refractivity (Wildman–Crippen MR) is 66.1 cm³/mol. The molecule has 0 saturated carbocycles. The molecule has 16 heavy (non-hydrogen) atoms. The quantitative estimate of drug-likeness (QED) is 0.625. The van der Waals surface area contributed by atoms with E-state index in [4.69, 9.17) is 5.73 Å². The van der Waals surface area contributed by atoms with Crippen LogP contribution in [0.4, 0.5) is 0 Å². The average molecular weight is 227 g/mol. The molecule has 1 fully saturated rings. The smallest absolute Gasteiger partial charge is 0.217 e. The Hall–Kier alpha value is -0.610. The first kappa shape index (κ1) is 13.5. The maximum atomic E-state index is 10.8. The maximum Gasteiger partial charge on any atom is 0.217 e. The summed E-state index contributed by atoms with van der Waals surface area (Å²) in [6.07, 6.45) is 4.01. The van der Waals surface area contributed by atoms with Gasteiger partial charge in [-0.1, -0.05) is 6.92 Å². The number of hydrogen-bond donors (Lipinski definition) is 2. The van der Waals surface area contributed by atoms with Gasteiger partial charge in [-0.15, -0.1) is 0 Å². The van der Waals surface area contributed by atoms with Crippen LogP contribution in [0.25, 0.3) is 0 Å². The van der Waals surface area contributed by atoms with Crippen molar-refractivity contribution in [1.29, 1.82) is 0 Å². The van der Waals surface area contributed by atoms with Crippen LogP contribution in [0.5, 0.6) is 0 Å². The minimum absolute atomic E-state index is 0.150. The van der Waals surface area contributed by atoms with Crippen LogP contribution >= 0.6 is 0 Å². The summed E-state index contributed by atoms with van der Waals surface area (Å²) in [5.74, 6) is 0.375. The molecule has 1 aliphatic heterocycles. The van der Waals surface area contributed by atoms with Gasteiger partial charge in [0.2, 0.25) is 5.91 Å². The van der Waals surface area contributed by atoms with Crippen molar-refractivity contribution >= 4 is 5.91 Å². The molecule has 1 heterocycles. The summed E-state index contributed by atoms with van der Waals surface area (Å²) in [6.45, 7) is 7.73. The van der Waals surface area contributed by atoms with E-state index in [1.54, 1.807) is 0 Å². The number of piperidine rings is 1. The summed E-state index contributed by atoms with van der Waals surface area (Å²) in [6, 6.07) is 0. The monoisotopic (exact) mass is 227 g/mol. The third-order valence-electron chi connectivity index (χ3n) is 3.23. The molecule has 0 bridgehead atoms. The lowest BCUT2D eigenvalue weighted by molar-refractivity contribution is -0.119. The third kappa shape index (κ3) is 5.47. The molecule has 1 aliphatic rings. The van der Waals surface area contributed by atoms with Gasteiger partial charge in [0.1, 0.15) is 0 Å². The largest absolute Gasteiger partial charge is 0.370 e. The highest BCUT2D eigenvalue weighted by Gasteiger charge is 2.19. The van der Waals surface area contributed by atoms with Crippen molar-refractivity contribution in [2.24, 2.45) is 11.7 Å². The number of amides is 1. The molecular weight excluding hydrogens is 202 g/mol. The van der Waals surface area contributed by atoms with Crippen LogP contribution in [0.15, 0.2) is 0 Å². The lowest BCUT2D eigenvalue weighted by atomic mass is 9.93. The number of nitrogens with zero attached hydrogens (tertiary/aromatic N) is 1. The summed E-state index contributed by atoms with van der Waals surface area (Å²) in [5.41, 5.74) is 5.21. The van der Waals surface area contributed by atoms with E-state index in [0.717, 1.165) is 45.6 Å². The van der Waals surface area contributed by atoms with Crippen LogP contribution in [0, 0.1) is 5.92 Å². The molecule has 1 rings (SSSR count). The van der Waals surface area contributed by atoms with Crippen molar-refractivity contribution < 1.29 is 4.79 Å². The molecule has 0 spiro atoms. The molecule has 0 aliphatic carbocycles. The van der Waals surface area contributed by atoms with Crippen LogP contribution in [0.2, 0.25) is 0 Å². The van der Waals surface area contributed by atoms with Gasteiger partial charge < -0.3 is 16.0 Å². The standard InChI is InChI=1S/C12H25N3O/c1-2-5-14-6-9-15-7-3-11(4-8-15)10-12(13)16/h11,14H,2-10H2,1H3,(H2,13,16). The summed E-state index contributed by atoms with van der Waals surface area (Å²) >= 11 is 0. The highest BCUT2D eigenvalue weighted by Crippen LogP contribution is 2.19. The Morgan fingerprint density at radius 2 is 2.06 bits per heavy atom. The highest BCUT2D eigenvalue weighted by atomic mass is 16.1. The lowest BCUT2D eigenvalue weighted by Crippen LogP contribution is -2.39. The fourth-order valence-corrected chi connectivity index (χ4v) is 2.24. The molecule has 0 unspecified atom stereocenters. The van der Waals surface area contributed by atoms with E-state index < -0.39 is 0 Å². The second-order valence-corrected chi connectivity index (χ2v) is 4.71. The van der Waals surface area contributed by atoms with E-state index in [2.05, 4.69) is 17.1 Å². The number of nitrogens with two attached hydrogens (primary N) is 1. The van der Waals surface area contributed by atoms with E-state index in [0.29, 0.717) is 12.3 Å². The average Bonchev–Trinajstić information content (AvgIpc) is 2.26. The number of primary amides is 1. The van der Waals surface area contributed by atoms with E-state index in [1.807, 2.05) is 0 Å². The van der Waals surface area contributed by atoms with Gasteiger partial charge in [0.25, 0.3) is 0 Å². The molecule has 1 amide bonds. The van der Waals surface area contributed by atoms with E-state index in [1.165, 1.54) is 6.42 Å². The van der Waals surface area contributed by atoms with Gasteiger partial charge in [-0.3, -0.25) is 4.79 Å². The summed E-state index contributed by atoms with van der Waals surface area (Å²) in [4.78, 5) is 13.3. The van der Waals surface area contributed by atoms with Gasteiger partial charge >= 0.3 is 0 Å². The predicted octanol–water partition coefficient (Wildman–Crippen LogP) is 0.573. The van der Waals surface area contributed by atoms with Crippen molar-refractivity contribution in [3.05, 3.63) is 0 Å². The Kier molecular flexibility index (Phi) is 6.42. The van der Waals surface area contributed by atoms with Gasteiger partial charge in [-0.25, -0.2) is 0 Å². The number of carbonyl (C=O) groups excluding carboxylic acids is 1. The topological polar surface area (TPSA) is 58.4 Å². The minimum atomic E-state index is -0.150. The Bertz CT molecular complexity index is 200. The molecular formula is C12H25N3O. The zero-order chi connectivity index (χ0) is 11.8. The summed E-state index contributed by atoms with van der Waals surface area (Å²) in [7, 11) is 0. The summed E-state index contributed by atoms with van der Waals surface area (Å²) in [5, 5.41) is 3.41. The van der Waals surface area contributed by atoms with Crippen LogP contribution in [0.1, 0.15) is 32.6 Å². The maximum absolute atomic E-state index is 10.8. The second-order valence-electron chi connectivity index (χ2n) is 4.71. The number of likely N-dealkylation sites (tertiary alicyclic amines) is 1. The van der Waals surface area contributed by atoms with Crippen molar-refractivity contribution in [3.8, 4) is 0 Å². The molecule has 94 valence electrons. The molecule has 1 saturated heterocycles. The first-order valence-electron chi connectivity index (χ1n) is 6.43. The molecule has 4 nitrogen and oxygen atoms in total. The van der Waals surface area contributed by atoms with Gasteiger partial charge in [0, 0.05) is 19.5 Å². The van der Waals surface area contributed by atoms with Crippen molar-refractivity contribution in [1.82, 2.24) is 10.2 Å². The second kappa shape index (κ2) is 7.63. The number of hydrogen-bond acceptors (Lipinski definition) is 3. The zero-order valence-corrected chi connectivity index (χ0v) is 10.4. The summed E-state index contributed by atoms with van der Waals surface area (Å²) < 4.78 is 0. The van der Waals surface area contributed by atoms with Crippen molar-refractivity contribution in [2.75, 3.05) is 32.7 Å². The number of rotatable bonds is 7. The Morgan fingerprint density at radius 1 is 1.38 bits per heavy atom. The highest BCUT2D eigenvalue weighted by molar-refractivity contribution is 5.73. The fraction of sp³-hybridized carbons (Fsp3) is 0.917. The van der Waals surface area contributed by atoms with Crippen molar-refractivity contribution in [3.63, 3.8) is 0 Å². The normalized spacial score (nSPS) is 18.8. The fourth-order valence-electron chi connectivity index (χ4n) is 2.24. The SMILES string of the molecule is CCCNCCN1CCC(CC(N)=O)CC1. The minimum Gasteiger partial charge on any atom is -0.370 e. The van der Waals surface area contributed by atoms with Gasteiger partial charge in [-0.05, 0) is 44.8 Å². The van der Waals surface area contributed by atoms with Crippen LogP contribution in [-0.2, 0) is 4.79 Å². The Balaban J connectivity index is 2.05. The Labute approximate surface area is 98.6 Å². The van der Waals surface area contributed by atoms with E-state index in [-0.39, 0.29) is 5.91 Å². The molecule has 4 heteroatoms. The lowest BCUT2D eigenvalue weighted by Gasteiger charge is -2.31. The number of carbonyl (C=O) groups is 1. The molecule has 0 radical (unpaired) electrons. The Morgan fingerprint density at radius 3 is 2.62 bits per heavy atom. The third-order valence-corrected chi connectivity index (χ3v) is 3.23. The van der Waals surface area contributed by atoms with Crippen molar-refractivity contribution in [2.45, 2.75) is 32.6 Å². The van der Waals surface area contributed by atoms with Gasteiger partial charge in [0.15, 0.2) is 0 Å². The molecule has 0 aromatic carbocycles. The molecule has 0 aromatic heterocycles. The molecule has 3 N–H and O–H groups in total. The van der Waals surface area contributed by atoms with Crippen LogP contribution < -0.4 is 11.1 Å². The van der Waals surface area contributed by atoms with Crippen LogP contribution in [-0.4, -0.2) is 43.5 Å². The first-order chi connectivity index (χ1) is 7.72. The van der Waals surface area contributed by atoms with E-state index in [9.17, 15) is 4.79 Å². The van der Waals surface area contributed by atoms with Gasteiger partial charge in [-0.2, -0.15) is 0 Å². The van der Waals surface area contributed by atoms with Gasteiger partial charge in [0.05, 0.1) is 0 Å². The van der Waals surface area contributed by atoms with Crippen LogP contribution in [0.3, 0.4) is 0 Å². The number of nitrogens with one attached hydrogen (secondary N) is 1. The van der Waals surface area contributed by atoms with E-state index >= 15 is 0 Å². The molecule has 0 aromatic rings.